The van der Waals surface area contributed by atoms with Crippen molar-refractivity contribution in [3.8, 4) is 5.75 Å². The second-order valence-electron chi connectivity index (χ2n) is 7.54. The van der Waals surface area contributed by atoms with Gasteiger partial charge in [-0.1, -0.05) is 27.2 Å². The predicted molar refractivity (Wildman–Crippen MR) is 97.5 cm³/mol. The van der Waals surface area contributed by atoms with Crippen LogP contribution in [0.3, 0.4) is 0 Å². The molecule has 1 amide bonds. The van der Waals surface area contributed by atoms with Gasteiger partial charge < -0.3 is 14.8 Å². The van der Waals surface area contributed by atoms with E-state index in [-0.39, 0.29) is 5.91 Å². The molecule has 1 aliphatic carbocycles. The summed E-state index contributed by atoms with van der Waals surface area (Å²) in [5, 5.41) is 3.04. The minimum Gasteiger partial charge on any atom is -0.493 e. The summed E-state index contributed by atoms with van der Waals surface area (Å²) in [7, 11) is 1.64. The molecule has 0 aromatic heterocycles. The Balaban J connectivity index is 2.07. The Hall–Kier alpha value is -1.55. The molecule has 0 aliphatic heterocycles. The van der Waals surface area contributed by atoms with Gasteiger partial charge in [0.25, 0.3) is 5.91 Å². The normalized spacial score (nSPS) is 24.0. The smallest absolute Gasteiger partial charge is 0.256 e. The average Bonchev–Trinajstić information content (AvgIpc) is 2.53. The van der Waals surface area contributed by atoms with Gasteiger partial charge in [0.15, 0.2) is 0 Å². The molecule has 0 radical (unpaired) electrons. The Kier molecular flexibility index (Phi) is 6.27. The average molecular weight is 333 g/mol. The van der Waals surface area contributed by atoms with Crippen LogP contribution in [0.15, 0.2) is 18.2 Å². The summed E-state index contributed by atoms with van der Waals surface area (Å²) in [6, 6.07) is 5.79. The molecule has 0 saturated heterocycles. The number of benzene rings is 1. The van der Waals surface area contributed by atoms with Gasteiger partial charge in [0.2, 0.25) is 0 Å². The molecule has 4 heteroatoms. The molecule has 0 bridgehead atoms. The molecule has 1 aromatic carbocycles. The summed E-state index contributed by atoms with van der Waals surface area (Å²) >= 11 is 0. The van der Waals surface area contributed by atoms with Crippen LogP contribution in [0.2, 0.25) is 0 Å². The van der Waals surface area contributed by atoms with Crippen LogP contribution in [0.5, 0.6) is 5.75 Å². The minimum absolute atomic E-state index is 0.0354. The Labute approximate surface area is 145 Å². The topological polar surface area (TPSA) is 47.6 Å². The van der Waals surface area contributed by atoms with E-state index in [4.69, 9.17) is 9.47 Å². The summed E-state index contributed by atoms with van der Waals surface area (Å²) in [5.41, 5.74) is 1.12. The van der Waals surface area contributed by atoms with Gasteiger partial charge in [-0.2, -0.15) is 0 Å². The number of nitrogens with one attached hydrogen (secondary N) is 1. The monoisotopic (exact) mass is 333 g/mol. The molecule has 0 spiro atoms. The van der Waals surface area contributed by atoms with Crippen molar-refractivity contribution in [3.05, 3.63) is 23.8 Å². The molecule has 0 heterocycles. The summed E-state index contributed by atoms with van der Waals surface area (Å²) in [6.07, 6.45) is 3.76. The van der Waals surface area contributed by atoms with E-state index in [0.717, 1.165) is 36.3 Å². The summed E-state index contributed by atoms with van der Waals surface area (Å²) in [4.78, 5) is 12.8. The van der Waals surface area contributed by atoms with Crippen molar-refractivity contribution in [2.45, 2.75) is 59.0 Å². The van der Waals surface area contributed by atoms with Crippen LogP contribution < -0.4 is 10.1 Å². The maximum absolute atomic E-state index is 12.8. The van der Waals surface area contributed by atoms with E-state index in [1.54, 1.807) is 7.11 Å². The summed E-state index contributed by atoms with van der Waals surface area (Å²) < 4.78 is 11.5. The van der Waals surface area contributed by atoms with Crippen molar-refractivity contribution in [1.82, 2.24) is 0 Å². The second kappa shape index (κ2) is 8.02. The predicted octanol–water partition coefficient (Wildman–Crippen LogP) is 4.56. The molecular formula is C20H31NO3. The maximum atomic E-state index is 12.8. The quantitative estimate of drug-likeness (QED) is 0.830. The van der Waals surface area contributed by atoms with Crippen LogP contribution >= 0.6 is 0 Å². The highest BCUT2D eigenvalue weighted by Gasteiger charge is 2.42. The van der Waals surface area contributed by atoms with Gasteiger partial charge in [0.05, 0.1) is 6.61 Å². The molecule has 1 fully saturated rings. The fourth-order valence-electron chi connectivity index (χ4n) is 3.38. The molecule has 2 atom stereocenters. The third-order valence-electron chi connectivity index (χ3n) is 4.77. The maximum Gasteiger partial charge on any atom is 0.256 e. The van der Waals surface area contributed by atoms with E-state index in [1.165, 1.54) is 6.42 Å². The van der Waals surface area contributed by atoms with Crippen LogP contribution in [0.4, 0.5) is 5.69 Å². The first kappa shape index (κ1) is 18.8. The van der Waals surface area contributed by atoms with Gasteiger partial charge in [-0.15, -0.1) is 0 Å². The first-order chi connectivity index (χ1) is 11.4. The largest absolute Gasteiger partial charge is 0.493 e. The van der Waals surface area contributed by atoms with E-state index >= 15 is 0 Å². The number of hydrogen-bond acceptors (Lipinski definition) is 3. The number of methoxy groups -OCH3 is 1. The minimum atomic E-state index is -0.696. The van der Waals surface area contributed by atoms with Crippen molar-refractivity contribution in [2.75, 3.05) is 19.0 Å². The van der Waals surface area contributed by atoms with E-state index in [0.29, 0.717) is 18.4 Å². The van der Waals surface area contributed by atoms with E-state index < -0.39 is 5.60 Å². The third kappa shape index (κ3) is 4.50. The number of hydrogen-bond donors (Lipinski definition) is 1. The second-order valence-corrected chi connectivity index (χ2v) is 7.54. The Morgan fingerprint density at radius 1 is 1.42 bits per heavy atom. The van der Waals surface area contributed by atoms with Gasteiger partial charge in [-0.25, -0.2) is 0 Å². The molecule has 134 valence electrons. The van der Waals surface area contributed by atoms with Crippen LogP contribution in [0, 0.1) is 18.8 Å². The number of aryl methyl sites for hydroxylation is 1. The number of ether oxygens (including phenoxy) is 2. The van der Waals surface area contributed by atoms with Gasteiger partial charge in [0, 0.05) is 12.8 Å². The number of carbonyl (C=O) groups is 1. The molecule has 0 unspecified atom stereocenters. The first-order valence-corrected chi connectivity index (χ1v) is 8.96. The molecule has 1 saturated carbocycles. The molecule has 1 N–H and O–H groups in total. The standard InChI is InChI=1S/C20H31NO3/c1-14(2)13-24-18-9-8-17(11-16(18)4)21-19(22)20(23-5)10-6-7-15(3)12-20/h8-9,11,14-15H,6-7,10,12-13H2,1-5H3,(H,21,22)/t15-,20+/m0/s1. The van der Waals surface area contributed by atoms with Crippen LogP contribution in [-0.2, 0) is 9.53 Å². The fourth-order valence-corrected chi connectivity index (χ4v) is 3.38. The molecule has 1 aliphatic rings. The van der Waals surface area contributed by atoms with Crippen molar-refractivity contribution in [3.63, 3.8) is 0 Å². The van der Waals surface area contributed by atoms with E-state index in [9.17, 15) is 4.79 Å². The fraction of sp³-hybridized carbons (Fsp3) is 0.650. The van der Waals surface area contributed by atoms with Gasteiger partial charge in [-0.05, 0) is 61.8 Å². The van der Waals surface area contributed by atoms with Crippen LogP contribution in [0.25, 0.3) is 0 Å². The third-order valence-corrected chi connectivity index (χ3v) is 4.77. The van der Waals surface area contributed by atoms with Gasteiger partial charge in [-0.3, -0.25) is 4.79 Å². The van der Waals surface area contributed by atoms with Crippen molar-refractivity contribution in [2.24, 2.45) is 11.8 Å². The van der Waals surface area contributed by atoms with Crippen molar-refractivity contribution in [1.29, 1.82) is 0 Å². The van der Waals surface area contributed by atoms with E-state index in [2.05, 4.69) is 26.1 Å². The first-order valence-electron chi connectivity index (χ1n) is 8.96. The highest BCUT2D eigenvalue weighted by atomic mass is 16.5. The zero-order valence-electron chi connectivity index (χ0n) is 15.6. The van der Waals surface area contributed by atoms with Gasteiger partial charge >= 0.3 is 0 Å². The molecule has 24 heavy (non-hydrogen) atoms. The van der Waals surface area contributed by atoms with Crippen LogP contribution in [-0.4, -0.2) is 25.2 Å². The highest BCUT2D eigenvalue weighted by Crippen LogP contribution is 2.36. The zero-order chi connectivity index (χ0) is 17.7. The van der Waals surface area contributed by atoms with Crippen molar-refractivity contribution < 1.29 is 14.3 Å². The van der Waals surface area contributed by atoms with Gasteiger partial charge in [0.1, 0.15) is 11.4 Å². The Morgan fingerprint density at radius 2 is 2.17 bits per heavy atom. The summed E-state index contributed by atoms with van der Waals surface area (Å²) in [6.45, 7) is 9.13. The number of rotatable bonds is 6. The zero-order valence-corrected chi connectivity index (χ0v) is 15.6. The summed E-state index contributed by atoms with van der Waals surface area (Å²) in [5.74, 6) is 1.83. The lowest BCUT2D eigenvalue weighted by atomic mass is 9.78. The lowest BCUT2D eigenvalue weighted by molar-refractivity contribution is -0.143. The number of amides is 1. The molecule has 1 aromatic rings. The van der Waals surface area contributed by atoms with Crippen LogP contribution in [0.1, 0.15) is 52.0 Å². The lowest BCUT2D eigenvalue weighted by Crippen LogP contribution is -2.47. The molecular weight excluding hydrogens is 302 g/mol. The lowest BCUT2D eigenvalue weighted by Gasteiger charge is -2.37. The SMILES string of the molecule is CO[C@]1(C(=O)Nc2ccc(OCC(C)C)c(C)c2)CCC[C@H](C)C1. The Bertz CT molecular complexity index is 570. The molecule has 2 rings (SSSR count). The van der Waals surface area contributed by atoms with Crippen molar-refractivity contribution >= 4 is 11.6 Å². The number of carbonyl (C=O) groups excluding carboxylic acids is 1. The molecule has 4 nitrogen and oxygen atoms in total. The number of anilines is 1. The highest BCUT2D eigenvalue weighted by molar-refractivity contribution is 5.97. The Morgan fingerprint density at radius 3 is 2.75 bits per heavy atom. The van der Waals surface area contributed by atoms with E-state index in [1.807, 2.05) is 25.1 Å².